The van der Waals surface area contributed by atoms with Gasteiger partial charge in [-0.25, -0.2) is 0 Å². The highest BCUT2D eigenvalue weighted by molar-refractivity contribution is 5.96. The number of nitrogens with one attached hydrogen (secondary N) is 1. The average Bonchev–Trinajstić information content (AvgIpc) is 2.48. The molecule has 0 atom stereocenters. The number of fused-ring (bicyclic) bond motifs is 1. The molecule has 3 nitrogen and oxygen atoms in total. The van der Waals surface area contributed by atoms with Gasteiger partial charge in [-0.3, -0.25) is 4.98 Å². The Bertz CT molecular complexity index is 695. The van der Waals surface area contributed by atoms with Crippen molar-refractivity contribution in [3.63, 3.8) is 0 Å². The van der Waals surface area contributed by atoms with Crippen molar-refractivity contribution in [3.05, 3.63) is 60.9 Å². The minimum atomic E-state index is 0.869. The van der Waals surface area contributed by atoms with Gasteiger partial charge in [-0.2, -0.15) is 0 Å². The molecule has 1 N–H and O–H groups in total. The van der Waals surface area contributed by atoms with Crippen molar-refractivity contribution in [3.8, 4) is 5.75 Å². The second kappa shape index (κ2) is 4.98. The number of nitrogens with zero attached hydrogens (tertiary/aromatic N) is 1. The molecule has 94 valence electrons. The smallest absolute Gasteiger partial charge is 0.119 e. The highest BCUT2D eigenvalue weighted by atomic mass is 16.5. The van der Waals surface area contributed by atoms with Crippen LogP contribution in [-0.2, 0) is 0 Å². The van der Waals surface area contributed by atoms with Gasteiger partial charge in [0.15, 0.2) is 0 Å². The molecule has 0 aliphatic rings. The molecule has 0 saturated carbocycles. The zero-order chi connectivity index (χ0) is 13.1. The van der Waals surface area contributed by atoms with Crippen molar-refractivity contribution in [2.45, 2.75) is 0 Å². The zero-order valence-corrected chi connectivity index (χ0v) is 10.6. The molecule has 1 heterocycles. The van der Waals surface area contributed by atoms with E-state index in [9.17, 15) is 0 Å². The molecule has 0 saturated heterocycles. The number of aromatic nitrogens is 1. The first-order valence-corrected chi connectivity index (χ1v) is 6.10. The molecule has 0 aliphatic carbocycles. The van der Waals surface area contributed by atoms with Crippen LogP contribution in [0.2, 0.25) is 0 Å². The lowest BCUT2D eigenvalue weighted by molar-refractivity contribution is 0.415. The summed E-state index contributed by atoms with van der Waals surface area (Å²) < 4.78 is 5.25. The number of hydrogen-bond donors (Lipinski definition) is 1. The molecule has 0 spiro atoms. The summed E-state index contributed by atoms with van der Waals surface area (Å²) in [7, 11) is 1.68. The second-order valence-corrected chi connectivity index (χ2v) is 4.25. The van der Waals surface area contributed by atoms with Crippen LogP contribution in [0.1, 0.15) is 0 Å². The van der Waals surface area contributed by atoms with E-state index in [-0.39, 0.29) is 0 Å². The molecule has 0 bridgehead atoms. The Morgan fingerprint density at radius 1 is 1.00 bits per heavy atom. The first-order valence-electron chi connectivity index (χ1n) is 6.10. The first-order chi connectivity index (χ1) is 9.36. The van der Waals surface area contributed by atoms with Crippen LogP contribution in [0.3, 0.4) is 0 Å². The van der Waals surface area contributed by atoms with Gasteiger partial charge in [0, 0.05) is 29.2 Å². The fraction of sp³-hybridized carbons (Fsp3) is 0.0625. The average molecular weight is 250 g/mol. The quantitative estimate of drug-likeness (QED) is 0.763. The van der Waals surface area contributed by atoms with E-state index in [1.54, 1.807) is 19.5 Å². The Hall–Kier alpha value is -2.55. The molecular formula is C16H14N2O. The van der Waals surface area contributed by atoms with Gasteiger partial charge in [0.1, 0.15) is 5.75 Å². The highest BCUT2D eigenvalue weighted by Crippen LogP contribution is 2.28. The fourth-order valence-electron chi connectivity index (χ4n) is 2.09. The van der Waals surface area contributed by atoms with E-state index in [1.807, 2.05) is 30.3 Å². The number of pyridine rings is 1. The summed E-state index contributed by atoms with van der Waals surface area (Å²) in [5.74, 6) is 0.869. The zero-order valence-electron chi connectivity index (χ0n) is 10.6. The van der Waals surface area contributed by atoms with E-state index in [2.05, 4.69) is 28.5 Å². The molecule has 3 heteroatoms. The van der Waals surface area contributed by atoms with Crippen molar-refractivity contribution in [2.75, 3.05) is 12.4 Å². The van der Waals surface area contributed by atoms with E-state index in [0.717, 1.165) is 22.5 Å². The number of rotatable bonds is 3. The largest absolute Gasteiger partial charge is 0.497 e. The van der Waals surface area contributed by atoms with Crippen molar-refractivity contribution in [1.82, 2.24) is 4.98 Å². The molecule has 0 radical (unpaired) electrons. The van der Waals surface area contributed by atoms with Crippen LogP contribution in [0.15, 0.2) is 60.9 Å². The molecule has 2 aromatic carbocycles. The van der Waals surface area contributed by atoms with Crippen LogP contribution in [0.5, 0.6) is 5.75 Å². The van der Waals surface area contributed by atoms with Gasteiger partial charge in [-0.05, 0) is 41.8 Å². The minimum absolute atomic E-state index is 0.869. The van der Waals surface area contributed by atoms with Gasteiger partial charge in [-0.1, -0.05) is 12.1 Å². The summed E-state index contributed by atoms with van der Waals surface area (Å²) in [4.78, 5) is 4.02. The number of benzene rings is 2. The third-order valence-corrected chi connectivity index (χ3v) is 3.05. The van der Waals surface area contributed by atoms with Crippen LogP contribution < -0.4 is 10.1 Å². The molecule has 0 fully saturated rings. The minimum Gasteiger partial charge on any atom is -0.497 e. The van der Waals surface area contributed by atoms with Gasteiger partial charge >= 0.3 is 0 Å². The maximum Gasteiger partial charge on any atom is 0.119 e. The molecular weight excluding hydrogens is 236 g/mol. The van der Waals surface area contributed by atoms with Gasteiger partial charge in [0.05, 0.1) is 7.11 Å². The predicted molar refractivity (Wildman–Crippen MR) is 78.0 cm³/mol. The summed E-state index contributed by atoms with van der Waals surface area (Å²) in [6.45, 7) is 0. The van der Waals surface area contributed by atoms with Gasteiger partial charge in [-0.15, -0.1) is 0 Å². The standard InChI is InChI=1S/C16H14N2O/c1-19-14-5-6-15-12(11-14)3-2-4-16(15)18-13-7-9-17-10-8-13/h2-11H,1H3,(H,17,18). The van der Waals surface area contributed by atoms with Crippen LogP contribution in [0, 0.1) is 0 Å². The summed E-state index contributed by atoms with van der Waals surface area (Å²) in [5, 5.41) is 5.72. The Balaban J connectivity index is 2.04. The molecule has 3 rings (SSSR count). The van der Waals surface area contributed by atoms with Gasteiger partial charge in [0.25, 0.3) is 0 Å². The van der Waals surface area contributed by atoms with Gasteiger partial charge < -0.3 is 10.1 Å². The SMILES string of the molecule is COc1ccc2c(Nc3ccncc3)cccc2c1. The topological polar surface area (TPSA) is 34.1 Å². The molecule has 0 unspecified atom stereocenters. The number of methoxy groups -OCH3 is 1. The van der Waals surface area contributed by atoms with Gasteiger partial charge in [0.2, 0.25) is 0 Å². The van der Waals surface area contributed by atoms with Crippen molar-refractivity contribution >= 4 is 22.1 Å². The molecule has 3 aromatic rings. The third kappa shape index (κ3) is 2.36. The van der Waals surface area contributed by atoms with E-state index in [4.69, 9.17) is 4.74 Å². The summed E-state index contributed by atoms with van der Waals surface area (Å²) in [5.41, 5.74) is 2.10. The monoisotopic (exact) mass is 250 g/mol. The van der Waals surface area contributed by atoms with Crippen LogP contribution in [0.4, 0.5) is 11.4 Å². The normalized spacial score (nSPS) is 10.4. The highest BCUT2D eigenvalue weighted by Gasteiger charge is 2.02. The first kappa shape index (κ1) is 11.5. The predicted octanol–water partition coefficient (Wildman–Crippen LogP) is 3.99. The number of ether oxygens (including phenoxy) is 1. The van der Waals surface area contributed by atoms with Crippen LogP contribution >= 0.6 is 0 Å². The Labute approximate surface area is 111 Å². The number of hydrogen-bond acceptors (Lipinski definition) is 3. The number of anilines is 2. The summed E-state index contributed by atoms with van der Waals surface area (Å²) >= 11 is 0. The maximum atomic E-state index is 5.25. The van der Waals surface area contributed by atoms with E-state index in [0.29, 0.717) is 0 Å². The molecule has 1 aromatic heterocycles. The molecule has 19 heavy (non-hydrogen) atoms. The Morgan fingerprint density at radius 3 is 2.63 bits per heavy atom. The van der Waals surface area contributed by atoms with E-state index >= 15 is 0 Å². The van der Waals surface area contributed by atoms with E-state index < -0.39 is 0 Å². The lowest BCUT2D eigenvalue weighted by Gasteiger charge is -2.10. The Morgan fingerprint density at radius 2 is 1.84 bits per heavy atom. The summed E-state index contributed by atoms with van der Waals surface area (Å²) in [6.07, 6.45) is 3.55. The lowest BCUT2D eigenvalue weighted by Crippen LogP contribution is -1.91. The fourth-order valence-corrected chi connectivity index (χ4v) is 2.09. The molecule has 0 aliphatic heterocycles. The lowest BCUT2D eigenvalue weighted by atomic mass is 10.1. The Kier molecular flexibility index (Phi) is 3.02. The van der Waals surface area contributed by atoms with Crippen LogP contribution in [-0.4, -0.2) is 12.1 Å². The van der Waals surface area contributed by atoms with E-state index in [1.165, 1.54) is 5.39 Å². The third-order valence-electron chi connectivity index (χ3n) is 3.05. The van der Waals surface area contributed by atoms with Crippen molar-refractivity contribution < 1.29 is 4.74 Å². The van der Waals surface area contributed by atoms with Crippen LogP contribution in [0.25, 0.3) is 10.8 Å². The van der Waals surface area contributed by atoms with Crippen molar-refractivity contribution in [1.29, 1.82) is 0 Å². The van der Waals surface area contributed by atoms with Crippen molar-refractivity contribution in [2.24, 2.45) is 0 Å². The summed E-state index contributed by atoms with van der Waals surface area (Å²) in [6, 6.07) is 16.1. The molecule has 0 amide bonds. The maximum absolute atomic E-state index is 5.25. The second-order valence-electron chi connectivity index (χ2n) is 4.25.